The molecule has 6 nitrogen and oxygen atoms in total. The largest absolute Gasteiger partial charge is 0.491 e. The van der Waals surface area contributed by atoms with Gasteiger partial charge < -0.3 is 24.4 Å². The Bertz CT molecular complexity index is 432. The summed E-state index contributed by atoms with van der Waals surface area (Å²) in [4.78, 5) is 11.0. The number of benzene rings is 1. The van der Waals surface area contributed by atoms with E-state index in [4.69, 9.17) is 19.3 Å². The van der Waals surface area contributed by atoms with Crippen molar-refractivity contribution in [2.45, 2.75) is 13.0 Å². The van der Waals surface area contributed by atoms with Crippen LogP contribution in [0.5, 0.6) is 5.75 Å². The van der Waals surface area contributed by atoms with Gasteiger partial charge in [0.05, 0.1) is 25.4 Å². The number of aliphatic hydroxyl groups excluding tert-OH is 1. The Kier molecular flexibility index (Phi) is 7.00. The van der Waals surface area contributed by atoms with Crippen molar-refractivity contribution in [3.05, 3.63) is 29.3 Å². The van der Waals surface area contributed by atoms with E-state index in [1.165, 1.54) is 6.07 Å². The van der Waals surface area contributed by atoms with Crippen molar-refractivity contribution in [1.82, 2.24) is 0 Å². The summed E-state index contributed by atoms with van der Waals surface area (Å²) in [5, 5.41) is 18.7. The minimum Gasteiger partial charge on any atom is -0.491 e. The Morgan fingerprint density at radius 2 is 2.05 bits per heavy atom. The summed E-state index contributed by atoms with van der Waals surface area (Å²) in [6.07, 6.45) is -0.778. The number of ether oxygens (including phenoxy) is 3. The molecule has 1 aromatic rings. The summed E-state index contributed by atoms with van der Waals surface area (Å²) in [6, 6.07) is 4.78. The van der Waals surface area contributed by atoms with Crippen molar-refractivity contribution >= 4 is 5.97 Å². The zero-order chi connectivity index (χ0) is 15.0. The van der Waals surface area contributed by atoms with Crippen LogP contribution in [0.25, 0.3) is 0 Å². The Hall–Kier alpha value is -1.63. The van der Waals surface area contributed by atoms with Gasteiger partial charge in [-0.3, -0.25) is 0 Å². The van der Waals surface area contributed by atoms with E-state index in [1.54, 1.807) is 26.2 Å². The lowest BCUT2D eigenvalue weighted by Gasteiger charge is -2.15. The van der Waals surface area contributed by atoms with Gasteiger partial charge in [-0.15, -0.1) is 0 Å². The molecule has 1 unspecified atom stereocenters. The molecule has 0 spiro atoms. The first kappa shape index (κ1) is 16.4. The molecule has 0 saturated carbocycles. The molecule has 0 aromatic heterocycles. The van der Waals surface area contributed by atoms with E-state index < -0.39 is 12.1 Å². The van der Waals surface area contributed by atoms with Crippen molar-refractivity contribution in [3.8, 4) is 5.75 Å². The molecular weight excluding hydrogens is 264 g/mol. The van der Waals surface area contributed by atoms with Crippen LogP contribution < -0.4 is 4.74 Å². The van der Waals surface area contributed by atoms with E-state index in [1.807, 2.05) is 0 Å². The van der Waals surface area contributed by atoms with Gasteiger partial charge in [0.15, 0.2) is 0 Å². The highest BCUT2D eigenvalue weighted by molar-refractivity contribution is 5.90. The topological polar surface area (TPSA) is 85.2 Å². The number of methoxy groups -OCH3 is 1. The molecule has 0 radical (unpaired) electrons. The highest BCUT2D eigenvalue weighted by Gasteiger charge is 2.12. The average molecular weight is 284 g/mol. The van der Waals surface area contributed by atoms with Crippen molar-refractivity contribution < 1.29 is 29.2 Å². The SMILES string of the molecule is COCCOCC(O)COc1cccc(C(=O)O)c1C. The molecule has 0 aliphatic carbocycles. The number of hydrogen-bond donors (Lipinski definition) is 2. The summed E-state index contributed by atoms with van der Waals surface area (Å²) in [6.45, 7) is 2.71. The van der Waals surface area contributed by atoms with Gasteiger partial charge in [0.1, 0.15) is 18.5 Å². The molecule has 112 valence electrons. The first-order valence-corrected chi connectivity index (χ1v) is 6.26. The van der Waals surface area contributed by atoms with Crippen LogP contribution in [0.4, 0.5) is 0 Å². The molecule has 1 atom stereocenters. The van der Waals surface area contributed by atoms with Crippen LogP contribution in [0.15, 0.2) is 18.2 Å². The Morgan fingerprint density at radius 1 is 1.30 bits per heavy atom. The van der Waals surface area contributed by atoms with Crippen LogP contribution in [0, 0.1) is 6.92 Å². The monoisotopic (exact) mass is 284 g/mol. The molecule has 0 heterocycles. The predicted molar refractivity (Wildman–Crippen MR) is 72.3 cm³/mol. The maximum absolute atomic E-state index is 11.0. The lowest BCUT2D eigenvalue weighted by molar-refractivity contribution is -0.00429. The van der Waals surface area contributed by atoms with Gasteiger partial charge in [0.2, 0.25) is 0 Å². The molecule has 6 heteroatoms. The Morgan fingerprint density at radius 3 is 2.70 bits per heavy atom. The van der Waals surface area contributed by atoms with Gasteiger partial charge in [-0.25, -0.2) is 4.79 Å². The average Bonchev–Trinajstić information content (AvgIpc) is 2.42. The third kappa shape index (κ3) is 5.16. The fraction of sp³-hybridized carbons (Fsp3) is 0.500. The maximum atomic E-state index is 11.0. The van der Waals surface area contributed by atoms with Gasteiger partial charge in [-0.1, -0.05) is 6.07 Å². The van der Waals surface area contributed by atoms with Crippen LogP contribution in [0.2, 0.25) is 0 Å². The molecule has 0 aliphatic heterocycles. The van der Waals surface area contributed by atoms with Crippen molar-refractivity contribution in [2.75, 3.05) is 33.5 Å². The number of carboxylic acids is 1. The van der Waals surface area contributed by atoms with Crippen LogP contribution in [0.3, 0.4) is 0 Å². The van der Waals surface area contributed by atoms with E-state index in [-0.39, 0.29) is 18.8 Å². The normalized spacial score (nSPS) is 12.2. The number of carboxylic acid groups (broad SMARTS) is 1. The molecule has 20 heavy (non-hydrogen) atoms. The standard InChI is InChI=1S/C14H20O6/c1-10-12(14(16)17)4-3-5-13(10)20-9-11(15)8-19-7-6-18-2/h3-5,11,15H,6-9H2,1-2H3,(H,16,17). The van der Waals surface area contributed by atoms with Crippen LogP contribution in [-0.4, -0.2) is 55.8 Å². The number of aromatic carboxylic acids is 1. The third-order valence-electron chi connectivity index (χ3n) is 2.69. The molecule has 0 saturated heterocycles. The number of hydrogen-bond acceptors (Lipinski definition) is 5. The Labute approximate surface area is 117 Å². The number of carbonyl (C=O) groups is 1. The highest BCUT2D eigenvalue weighted by atomic mass is 16.5. The smallest absolute Gasteiger partial charge is 0.336 e. The van der Waals surface area contributed by atoms with Gasteiger partial charge in [0, 0.05) is 12.7 Å². The quantitative estimate of drug-likeness (QED) is 0.660. The molecule has 0 amide bonds. The van der Waals surface area contributed by atoms with E-state index in [0.717, 1.165) is 0 Å². The highest BCUT2D eigenvalue weighted by Crippen LogP contribution is 2.21. The van der Waals surface area contributed by atoms with E-state index >= 15 is 0 Å². The van der Waals surface area contributed by atoms with Crippen LogP contribution >= 0.6 is 0 Å². The molecule has 0 aliphatic rings. The van der Waals surface area contributed by atoms with Gasteiger partial charge >= 0.3 is 5.97 Å². The molecule has 0 fully saturated rings. The fourth-order valence-corrected chi connectivity index (χ4v) is 1.60. The second-order valence-electron chi connectivity index (χ2n) is 4.27. The Balaban J connectivity index is 2.45. The summed E-state index contributed by atoms with van der Waals surface area (Å²) < 4.78 is 15.4. The van der Waals surface area contributed by atoms with Gasteiger partial charge in [-0.05, 0) is 19.1 Å². The minimum absolute atomic E-state index is 0.0386. The lowest BCUT2D eigenvalue weighted by Crippen LogP contribution is -2.24. The molecule has 2 N–H and O–H groups in total. The summed E-state index contributed by atoms with van der Waals surface area (Å²) >= 11 is 0. The summed E-state index contributed by atoms with van der Waals surface area (Å²) in [7, 11) is 1.57. The van der Waals surface area contributed by atoms with E-state index in [0.29, 0.717) is 24.5 Å². The molecular formula is C14H20O6. The van der Waals surface area contributed by atoms with E-state index in [2.05, 4.69) is 0 Å². The van der Waals surface area contributed by atoms with Gasteiger partial charge in [0.25, 0.3) is 0 Å². The van der Waals surface area contributed by atoms with Crippen molar-refractivity contribution in [1.29, 1.82) is 0 Å². The number of aliphatic hydroxyl groups is 1. The first-order chi connectivity index (χ1) is 9.56. The molecule has 1 aromatic carbocycles. The third-order valence-corrected chi connectivity index (χ3v) is 2.69. The van der Waals surface area contributed by atoms with Crippen molar-refractivity contribution in [3.63, 3.8) is 0 Å². The van der Waals surface area contributed by atoms with Crippen LogP contribution in [-0.2, 0) is 9.47 Å². The lowest BCUT2D eigenvalue weighted by atomic mass is 10.1. The second kappa shape index (κ2) is 8.52. The fourth-order valence-electron chi connectivity index (χ4n) is 1.60. The summed E-state index contributed by atoms with van der Waals surface area (Å²) in [5.74, 6) is -0.558. The molecule has 1 rings (SSSR count). The maximum Gasteiger partial charge on any atom is 0.336 e. The van der Waals surface area contributed by atoms with Crippen LogP contribution in [0.1, 0.15) is 15.9 Å². The van der Waals surface area contributed by atoms with Crippen molar-refractivity contribution in [2.24, 2.45) is 0 Å². The second-order valence-corrected chi connectivity index (χ2v) is 4.27. The summed E-state index contributed by atoms with van der Waals surface area (Å²) in [5.41, 5.74) is 0.723. The predicted octanol–water partition coefficient (Wildman–Crippen LogP) is 1.10. The molecule has 0 bridgehead atoms. The van der Waals surface area contributed by atoms with E-state index in [9.17, 15) is 9.90 Å². The minimum atomic E-state index is -1.00. The van der Waals surface area contributed by atoms with Gasteiger partial charge in [-0.2, -0.15) is 0 Å². The number of rotatable bonds is 9. The first-order valence-electron chi connectivity index (χ1n) is 6.26. The zero-order valence-electron chi connectivity index (χ0n) is 11.7. The zero-order valence-corrected chi connectivity index (χ0v) is 11.7.